The van der Waals surface area contributed by atoms with E-state index in [2.05, 4.69) is 23.9 Å². The average Bonchev–Trinajstić information content (AvgIpc) is 2.35. The zero-order valence-electron chi connectivity index (χ0n) is 12.8. The largest absolute Gasteiger partial charge is 0.383 e. The SMILES string of the molecule is CCCCC(C)Nc1ccc(S(=O)(=O)NC(C)C)cc1. The van der Waals surface area contributed by atoms with E-state index in [0.29, 0.717) is 10.9 Å². The number of hydrogen-bond acceptors (Lipinski definition) is 3. The van der Waals surface area contributed by atoms with E-state index in [1.807, 2.05) is 26.0 Å². The molecule has 1 rings (SSSR count). The molecule has 5 heteroatoms. The molecule has 0 radical (unpaired) electrons. The molecule has 0 bridgehead atoms. The van der Waals surface area contributed by atoms with Crippen molar-refractivity contribution in [2.75, 3.05) is 5.32 Å². The third kappa shape index (κ3) is 5.51. The summed E-state index contributed by atoms with van der Waals surface area (Å²) in [6, 6.07) is 7.20. The van der Waals surface area contributed by atoms with Crippen LogP contribution in [0, 0.1) is 0 Å². The van der Waals surface area contributed by atoms with Crippen LogP contribution in [0.3, 0.4) is 0 Å². The lowest BCUT2D eigenvalue weighted by molar-refractivity contribution is 0.570. The molecule has 1 aromatic carbocycles. The summed E-state index contributed by atoms with van der Waals surface area (Å²) in [5, 5.41) is 3.38. The molecule has 4 nitrogen and oxygen atoms in total. The summed E-state index contributed by atoms with van der Waals surface area (Å²) in [6.45, 7) is 7.93. The minimum absolute atomic E-state index is 0.105. The second-order valence-corrected chi connectivity index (χ2v) is 7.20. The molecule has 1 atom stereocenters. The van der Waals surface area contributed by atoms with Crippen molar-refractivity contribution in [2.45, 2.75) is 63.9 Å². The number of unbranched alkanes of at least 4 members (excludes halogenated alkanes) is 1. The monoisotopic (exact) mass is 298 g/mol. The smallest absolute Gasteiger partial charge is 0.240 e. The summed E-state index contributed by atoms with van der Waals surface area (Å²) >= 11 is 0. The summed E-state index contributed by atoms with van der Waals surface area (Å²) in [5.41, 5.74) is 0.956. The van der Waals surface area contributed by atoms with E-state index in [9.17, 15) is 8.42 Å². The quantitative estimate of drug-likeness (QED) is 0.773. The van der Waals surface area contributed by atoms with Crippen LogP contribution in [0.25, 0.3) is 0 Å². The third-order valence-corrected chi connectivity index (χ3v) is 4.63. The topological polar surface area (TPSA) is 58.2 Å². The van der Waals surface area contributed by atoms with Gasteiger partial charge in [-0.1, -0.05) is 19.8 Å². The molecule has 0 fully saturated rings. The molecule has 0 aliphatic carbocycles. The molecule has 0 saturated heterocycles. The van der Waals surface area contributed by atoms with Crippen LogP contribution >= 0.6 is 0 Å². The van der Waals surface area contributed by atoms with E-state index >= 15 is 0 Å². The second-order valence-electron chi connectivity index (χ2n) is 5.49. The summed E-state index contributed by atoms with van der Waals surface area (Å²) in [7, 11) is -3.40. The minimum Gasteiger partial charge on any atom is -0.383 e. The molecule has 0 amide bonds. The van der Waals surface area contributed by atoms with E-state index < -0.39 is 10.0 Å². The Morgan fingerprint density at radius 1 is 1.10 bits per heavy atom. The number of hydrogen-bond donors (Lipinski definition) is 2. The zero-order valence-corrected chi connectivity index (χ0v) is 13.6. The maximum Gasteiger partial charge on any atom is 0.240 e. The zero-order chi connectivity index (χ0) is 15.2. The van der Waals surface area contributed by atoms with Gasteiger partial charge in [0.15, 0.2) is 0 Å². The molecule has 0 saturated carbocycles. The average molecular weight is 298 g/mol. The maximum absolute atomic E-state index is 12.0. The molecular weight excluding hydrogens is 272 g/mol. The summed E-state index contributed by atoms with van der Waals surface area (Å²) in [5.74, 6) is 0. The van der Waals surface area contributed by atoms with Gasteiger partial charge in [0.05, 0.1) is 4.90 Å². The number of anilines is 1. The normalized spacial score (nSPS) is 13.4. The van der Waals surface area contributed by atoms with Crippen molar-refractivity contribution in [3.05, 3.63) is 24.3 Å². The predicted octanol–water partition coefficient (Wildman–Crippen LogP) is 3.36. The van der Waals surface area contributed by atoms with Gasteiger partial charge in [0, 0.05) is 17.8 Å². The lowest BCUT2D eigenvalue weighted by atomic mass is 10.1. The number of nitrogens with one attached hydrogen (secondary N) is 2. The van der Waals surface area contributed by atoms with E-state index in [1.54, 1.807) is 12.1 Å². The Morgan fingerprint density at radius 2 is 1.70 bits per heavy atom. The minimum atomic E-state index is -3.40. The van der Waals surface area contributed by atoms with Gasteiger partial charge in [0.25, 0.3) is 0 Å². The van der Waals surface area contributed by atoms with Gasteiger partial charge in [-0.2, -0.15) is 0 Å². The van der Waals surface area contributed by atoms with Gasteiger partial charge < -0.3 is 5.32 Å². The lowest BCUT2D eigenvalue weighted by Gasteiger charge is -2.15. The highest BCUT2D eigenvalue weighted by molar-refractivity contribution is 7.89. The summed E-state index contributed by atoms with van der Waals surface area (Å²) < 4.78 is 26.5. The van der Waals surface area contributed by atoms with E-state index in [-0.39, 0.29) is 6.04 Å². The second kappa shape index (κ2) is 7.64. The van der Waals surface area contributed by atoms with E-state index in [1.165, 1.54) is 12.8 Å². The van der Waals surface area contributed by atoms with Crippen LogP contribution in [0.4, 0.5) is 5.69 Å². The van der Waals surface area contributed by atoms with Crippen molar-refractivity contribution in [2.24, 2.45) is 0 Å². The van der Waals surface area contributed by atoms with Gasteiger partial charge in [0.2, 0.25) is 10.0 Å². The molecule has 0 aromatic heterocycles. The van der Waals surface area contributed by atoms with Crippen molar-refractivity contribution >= 4 is 15.7 Å². The first-order valence-electron chi connectivity index (χ1n) is 7.24. The van der Waals surface area contributed by atoms with Crippen LogP contribution in [0.2, 0.25) is 0 Å². The summed E-state index contributed by atoms with van der Waals surface area (Å²) in [4.78, 5) is 0.304. The molecule has 0 spiro atoms. The third-order valence-electron chi connectivity index (χ3n) is 2.96. The first-order valence-corrected chi connectivity index (χ1v) is 8.72. The molecule has 0 aliphatic rings. The van der Waals surface area contributed by atoms with Crippen molar-refractivity contribution in [3.63, 3.8) is 0 Å². The predicted molar refractivity (Wildman–Crippen MR) is 84.5 cm³/mol. The maximum atomic E-state index is 12.0. The number of benzene rings is 1. The molecular formula is C15H26N2O2S. The Bertz CT molecular complexity index is 495. The van der Waals surface area contributed by atoms with Gasteiger partial charge in [-0.25, -0.2) is 13.1 Å². The number of sulfonamides is 1. The molecule has 114 valence electrons. The van der Waals surface area contributed by atoms with Crippen LogP contribution in [0.5, 0.6) is 0 Å². The first-order chi connectivity index (χ1) is 9.35. The Balaban J connectivity index is 2.69. The molecule has 1 aromatic rings. The molecule has 20 heavy (non-hydrogen) atoms. The number of rotatable bonds is 8. The van der Waals surface area contributed by atoms with Crippen LogP contribution in [-0.2, 0) is 10.0 Å². The fourth-order valence-electron chi connectivity index (χ4n) is 1.98. The van der Waals surface area contributed by atoms with Gasteiger partial charge in [-0.15, -0.1) is 0 Å². The molecule has 1 unspecified atom stereocenters. The molecule has 2 N–H and O–H groups in total. The van der Waals surface area contributed by atoms with E-state index in [0.717, 1.165) is 12.1 Å². The van der Waals surface area contributed by atoms with Crippen LogP contribution < -0.4 is 10.0 Å². The Labute approximate surface area is 123 Å². The van der Waals surface area contributed by atoms with Crippen molar-refractivity contribution in [1.82, 2.24) is 4.72 Å². The molecule has 0 heterocycles. The fourth-order valence-corrected chi connectivity index (χ4v) is 3.23. The van der Waals surface area contributed by atoms with Crippen molar-refractivity contribution in [1.29, 1.82) is 0 Å². The lowest BCUT2D eigenvalue weighted by Crippen LogP contribution is -2.30. The van der Waals surface area contributed by atoms with Crippen molar-refractivity contribution in [3.8, 4) is 0 Å². The fraction of sp³-hybridized carbons (Fsp3) is 0.600. The highest BCUT2D eigenvalue weighted by atomic mass is 32.2. The van der Waals surface area contributed by atoms with Crippen LogP contribution in [-0.4, -0.2) is 20.5 Å². The standard InChI is InChI=1S/C15H26N2O2S/c1-5-6-7-13(4)16-14-8-10-15(11-9-14)20(18,19)17-12(2)3/h8-13,16-17H,5-7H2,1-4H3. The Hall–Kier alpha value is -1.07. The van der Waals surface area contributed by atoms with Crippen molar-refractivity contribution < 1.29 is 8.42 Å². The molecule has 0 aliphatic heterocycles. The Morgan fingerprint density at radius 3 is 2.20 bits per heavy atom. The highest BCUT2D eigenvalue weighted by Gasteiger charge is 2.14. The first kappa shape index (κ1) is 17.0. The van der Waals surface area contributed by atoms with Gasteiger partial charge in [0.1, 0.15) is 0 Å². The summed E-state index contributed by atoms with van der Waals surface area (Å²) in [6.07, 6.45) is 3.49. The van der Waals surface area contributed by atoms with Gasteiger partial charge in [-0.05, 0) is 51.5 Å². The highest BCUT2D eigenvalue weighted by Crippen LogP contribution is 2.16. The van der Waals surface area contributed by atoms with Gasteiger partial charge in [-0.3, -0.25) is 0 Å². The van der Waals surface area contributed by atoms with Crippen LogP contribution in [0.15, 0.2) is 29.2 Å². The van der Waals surface area contributed by atoms with Gasteiger partial charge >= 0.3 is 0 Å². The Kier molecular flexibility index (Phi) is 6.49. The van der Waals surface area contributed by atoms with Crippen LogP contribution in [0.1, 0.15) is 47.0 Å². The van der Waals surface area contributed by atoms with E-state index in [4.69, 9.17) is 0 Å².